The second kappa shape index (κ2) is 5.41. The second-order valence-electron chi connectivity index (χ2n) is 4.07. The van der Waals surface area contributed by atoms with E-state index in [-0.39, 0.29) is 18.9 Å². The summed E-state index contributed by atoms with van der Waals surface area (Å²) in [4.78, 5) is 5.57. The molecule has 0 aromatic heterocycles. The molecule has 0 saturated carbocycles. The van der Waals surface area contributed by atoms with Crippen LogP contribution in [-0.4, -0.2) is 36.7 Å². The number of guanidine groups is 1. The van der Waals surface area contributed by atoms with Crippen LogP contribution in [0.5, 0.6) is 0 Å². The van der Waals surface area contributed by atoms with Crippen LogP contribution >= 0.6 is 0 Å². The molecule has 1 rings (SSSR count). The minimum Gasteiger partial charge on any atom is -0.370 e. The average molecular weight is 237 g/mol. The molecule has 1 atom stereocenters. The number of piperidine rings is 1. The Hall–Kier alpha value is -0.940. The topological polar surface area (TPSA) is 41.6 Å². The molecule has 2 N–H and O–H groups in total. The lowest BCUT2D eigenvalue weighted by Crippen LogP contribution is -2.47. The molecule has 0 spiro atoms. The van der Waals surface area contributed by atoms with Gasteiger partial charge in [-0.25, -0.2) is 0 Å². The Morgan fingerprint density at radius 1 is 1.50 bits per heavy atom. The molecule has 0 aliphatic carbocycles. The fourth-order valence-corrected chi connectivity index (χ4v) is 1.78. The highest BCUT2D eigenvalue weighted by Gasteiger charge is 2.42. The minimum absolute atomic E-state index is 0.0530. The first kappa shape index (κ1) is 13.1. The van der Waals surface area contributed by atoms with Crippen molar-refractivity contribution in [3.63, 3.8) is 0 Å². The van der Waals surface area contributed by atoms with E-state index < -0.39 is 12.1 Å². The summed E-state index contributed by atoms with van der Waals surface area (Å²) in [7, 11) is 0. The van der Waals surface area contributed by atoms with Crippen LogP contribution in [0.3, 0.4) is 0 Å². The Balaban J connectivity index is 2.57. The lowest BCUT2D eigenvalue weighted by molar-refractivity contribution is -0.183. The molecule has 1 aliphatic rings. The molecular weight excluding hydrogens is 219 g/mol. The first-order valence-electron chi connectivity index (χ1n) is 5.56. The van der Waals surface area contributed by atoms with Gasteiger partial charge in [0, 0.05) is 19.6 Å². The van der Waals surface area contributed by atoms with Gasteiger partial charge in [-0.05, 0) is 19.3 Å². The number of nitrogens with two attached hydrogens (primary N) is 1. The van der Waals surface area contributed by atoms with Gasteiger partial charge in [0.15, 0.2) is 5.96 Å². The van der Waals surface area contributed by atoms with Gasteiger partial charge in [-0.3, -0.25) is 4.99 Å². The van der Waals surface area contributed by atoms with Crippen molar-refractivity contribution in [3.8, 4) is 0 Å². The van der Waals surface area contributed by atoms with Gasteiger partial charge in [0.2, 0.25) is 0 Å². The van der Waals surface area contributed by atoms with Crippen molar-refractivity contribution < 1.29 is 13.2 Å². The SMILES string of the molecule is CCCN=C(N)N1CCCC(C(F)(F)F)C1. The monoisotopic (exact) mass is 237 g/mol. The number of hydrogen-bond acceptors (Lipinski definition) is 1. The molecule has 0 aromatic carbocycles. The van der Waals surface area contributed by atoms with Crippen molar-refractivity contribution >= 4 is 5.96 Å². The Labute approximate surface area is 93.5 Å². The van der Waals surface area contributed by atoms with E-state index in [1.807, 2.05) is 6.92 Å². The first-order chi connectivity index (χ1) is 7.45. The molecule has 0 amide bonds. The number of nitrogens with zero attached hydrogens (tertiary/aromatic N) is 2. The highest BCUT2D eigenvalue weighted by molar-refractivity contribution is 5.78. The molecule has 16 heavy (non-hydrogen) atoms. The number of halogens is 3. The molecule has 6 heteroatoms. The average Bonchev–Trinajstić information content (AvgIpc) is 2.25. The van der Waals surface area contributed by atoms with Crippen LogP contribution in [0.15, 0.2) is 4.99 Å². The van der Waals surface area contributed by atoms with Crippen molar-refractivity contribution in [2.75, 3.05) is 19.6 Å². The number of rotatable bonds is 2. The maximum absolute atomic E-state index is 12.5. The number of alkyl halides is 3. The molecule has 1 fully saturated rings. The van der Waals surface area contributed by atoms with Gasteiger partial charge < -0.3 is 10.6 Å². The van der Waals surface area contributed by atoms with Crippen molar-refractivity contribution in [1.82, 2.24) is 4.90 Å². The molecule has 1 saturated heterocycles. The van der Waals surface area contributed by atoms with Crippen LogP contribution < -0.4 is 5.73 Å². The van der Waals surface area contributed by atoms with E-state index in [0.717, 1.165) is 6.42 Å². The predicted octanol–water partition coefficient (Wildman–Crippen LogP) is 1.99. The summed E-state index contributed by atoms with van der Waals surface area (Å²) >= 11 is 0. The van der Waals surface area contributed by atoms with Crippen LogP contribution in [0, 0.1) is 5.92 Å². The summed E-state index contributed by atoms with van der Waals surface area (Å²) in [6, 6.07) is 0. The minimum atomic E-state index is -4.12. The summed E-state index contributed by atoms with van der Waals surface area (Å²) in [5, 5.41) is 0. The van der Waals surface area contributed by atoms with Crippen molar-refractivity contribution in [3.05, 3.63) is 0 Å². The summed E-state index contributed by atoms with van der Waals surface area (Å²) < 4.78 is 37.6. The molecular formula is C10H18F3N3. The Bertz CT molecular complexity index is 250. The molecule has 1 aliphatic heterocycles. The van der Waals surface area contributed by atoms with Crippen molar-refractivity contribution in [1.29, 1.82) is 0 Å². The summed E-state index contributed by atoms with van der Waals surface area (Å²) in [5.74, 6) is -1.02. The van der Waals surface area contributed by atoms with Gasteiger partial charge in [-0.2, -0.15) is 13.2 Å². The van der Waals surface area contributed by atoms with Crippen LogP contribution in [0.1, 0.15) is 26.2 Å². The van der Waals surface area contributed by atoms with Crippen LogP contribution in [0.2, 0.25) is 0 Å². The van der Waals surface area contributed by atoms with Crippen molar-refractivity contribution in [2.24, 2.45) is 16.6 Å². The van der Waals surface area contributed by atoms with Crippen LogP contribution in [0.25, 0.3) is 0 Å². The van der Waals surface area contributed by atoms with Gasteiger partial charge in [0.1, 0.15) is 0 Å². The normalized spacial score (nSPS) is 23.6. The lowest BCUT2D eigenvalue weighted by atomic mass is 9.98. The van der Waals surface area contributed by atoms with Gasteiger partial charge in [-0.15, -0.1) is 0 Å². The summed E-state index contributed by atoms with van der Waals surface area (Å²) in [6.07, 6.45) is -2.56. The Morgan fingerprint density at radius 3 is 2.75 bits per heavy atom. The molecule has 0 radical (unpaired) electrons. The second-order valence-corrected chi connectivity index (χ2v) is 4.07. The zero-order valence-electron chi connectivity index (χ0n) is 9.43. The molecule has 0 bridgehead atoms. The zero-order chi connectivity index (χ0) is 12.2. The van der Waals surface area contributed by atoms with Gasteiger partial charge in [0.25, 0.3) is 0 Å². The molecule has 1 heterocycles. The lowest BCUT2D eigenvalue weighted by Gasteiger charge is -2.34. The fraction of sp³-hybridized carbons (Fsp3) is 0.900. The molecule has 3 nitrogen and oxygen atoms in total. The predicted molar refractivity (Wildman–Crippen MR) is 57.1 cm³/mol. The Morgan fingerprint density at radius 2 is 2.19 bits per heavy atom. The van der Waals surface area contributed by atoms with E-state index in [9.17, 15) is 13.2 Å². The van der Waals surface area contributed by atoms with E-state index in [0.29, 0.717) is 19.5 Å². The first-order valence-corrected chi connectivity index (χ1v) is 5.56. The van der Waals surface area contributed by atoms with Gasteiger partial charge >= 0.3 is 6.18 Å². The van der Waals surface area contributed by atoms with Crippen LogP contribution in [-0.2, 0) is 0 Å². The fourth-order valence-electron chi connectivity index (χ4n) is 1.78. The zero-order valence-corrected chi connectivity index (χ0v) is 9.43. The maximum Gasteiger partial charge on any atom is 0.393 e. The summed E-state index contributed by atoms with van der Waals surface area (Å²) in [6.45, 7) is 3.04. The highest BCUT2D eigenvalue weighted by atomic mass is 19.4. The maximum atomic E-state index is 12.5. The van der Waals surface area contributed by atoms with E-state index in [1.54, 1.807) is 0 Å². The Kier molecular flexibility index (Phi) is 4.44. The number of hydrogen-bond donors (Lipinski definition) is 1. The summed E-state index contributed by atoms with van der Waals surface area (Å²) in [5.41, 5.74) is 5.65. The third kappa shape index (κ3) is 3.57. The molecule has 0 aromatic rings. The third-order valence-corrected chi connectivity index (χ3v) is 2.71. The molecule has 1 unspecified atom stereocenters. The number of aliphatic imine (C=N–C) groups is 1. The molecule has 94 valence electrons. The van der Waals surface area contributed by atoms with E-state index >= 15 is 0 Å². The van der Waals surface area contributed by atoms with E-state index in [4.69, 9.17) is 5.73 Å². The quantitative estimate of drug-likeness (QED) is 0.589. The standard InChI is InChI=1S/C10H18F3N3/c1-2-5-15-9(14)16-6-3-4-8(7-16)10(11,12)13/h8H,2-7H2,1H3,(H2,14,15). The van der Waals surface area contributed by atoms with Gasteiger partial charge in [-0.1, -0.05) is 6.92 Å². The third-order valence-electron chi connectivity index (χ3n) is 2.71. The number of likely N-dealkylation sites (tertiary alicyclic amines) is 1. The highest BCUT2D eigenvalue weighted by Crippen LogP contribution is 2.32. The smallest absolute Gasteiger partial charge is 0.370 e. The van der Waals surface area contributed by atoms with E-state index in [1.165, 1.54) is 4.90 Å². The van der Waals surface area contributed by atoms with E-state index in [2.05, 4.69) is 4.99 Å². The van der Waals surface area contributed by atoms with Gasteiger partial charge in [0.05, 0.1) is 5.92 Å². The van der Waals surface area contributed by atoms with Crippen molar-refractivity contribution in [2.45, 2.75) is 32.4 Å². The largest absolute Gasteiger partial charge is 0.393 e. The van der Waals surface area contributed by atoms with Crippen LogP contribution in [0.4, 0.5) is 13.2 Å².